The summed E-state index contributed by atoms with van der Waals surface area (Å²) in [6.45, 7) is 0. The highest BCUT2D eigenvalue weighted by Crippen LogP contribution is 2.45. The fourth-order valence-corrected chi connectivity index (χ4v) is 6.37. The fourth-order valence-electron chi connectivity index (χ4n) is 6.37. The molecule has 0 aliphatic heterocycles. The van der Waals surface area contributed by atoms with Crippen LogP contribution in [0.3, 0.4) is 0 Å². The number of aromatic nitrogens is 1. The average Bonchev–Trinajstić information content (AvgIpc) is 3.71. The van der Waals surface area contributed by atoms with Crippen molar-refractivity contribution >= 4 is 60.9 Å². The Labute approximate surface area is 259 Å². The van der Waals surface area contributed by atoms with Crippen molar-refractivity contribution < 1.29 is 8.83 Å². The van der Waals surface area contributed by atoms with E-state index >= 15 is 0 Å². The largest absolute Gasteiger partial charge is 0.454 e. The summed E-state index contributed by atoms with van der Waals surface area (Å²) >= 11 is 0. The molecule has 0 aliphatic carbocycles. The predicted octanol–water partition coefficient (Wildman–Crippen LogP) is 11.7. The van der Waals surface area contributed by atoms with E-state index in [0.29, 0.717) is 5.89 Å². The molecule has 45 heavy (non-hydrogen) atoms. The van der Waals surface area contributed by atoms with Crippen LogP contribution in [0, 0.1) is 0 Å². The van der Waals surface area contributed by atoms with Crippen LogP contribution in [0.1, 0.15) is 0 Å². The molecule has 0 saturated heterocycles. The number of fused-ring (bicyclic) bond motifs is 5. The van der Waals surface area contributed by atoms with Crippen LogP contribution in [-0.4, -0.2) is 4.98 Å². The molecule has 0 N–H and O–H groups in total. The summed E-state index contributed by atoms with van der Waals surface area (Å²) in [5.74, 6) is 0.581. The number of benzene rings is 7. The lowest BCUT2D eigenvalue weighted by Crippen LogP contribution is -2.10. The van der Waals surface area contributed by atoms with Crippen molar-refractivity contribution in [2.75, 3.05) is 4.90 Å². The summed E-state index contributed by atoms with van der Waals surface area (Å²) < 4.78 is 12.9. The summed E-state index contributed by atoms with van der Waals surface area (Å²) in [5.41, 5.74) is 9.45. The van der Waals surface area contributed by atoms with E-state index in [0.717, 1.165) is 61.2 Å². The molecular formula is C41H26N2O2. The van der Waals surface area contributed by atoms with Crippen molar-refractivity contribution in [1.29, 1.82) is 0 Å². The van der Waals surface area contributed by atoms with E-state index in [1.807, 2.05) is 42.5 Å². The van der Waals surface area contributed by atoms with Gasteiger partial charge in [0, 0.05) is 27.7 Å². The molecule has 0 radical (unpaired) electrons. The summed E-state index contributed by atoms with van der Waals surface area (Å²) in [5, 5.41) is 4.45. The predicted molar refractivity (Wildman–Crippen MR) is 184 cm³/mol. The van der Waals surface area contributed by atoms with Gasteiger partial charge in [-0.3, -0.25) is 0 Å². The molecule has 0 atom stereocenters. The zero-order valence-electron chi connectivity index (χ0n) is 24.2. The van der Waals surface area contributed by atoms with Gasteiger partial charge in [0.05, 0.1) is 5.69 Å². The lowest BCUT2D eigenvalue weighted by atomic mass is 10.0. The number of oxazole rings is 1. The Morgan fingerprint density at radius 2 is 1.22 bits per heavy atom. The van der Waals surface area contributed by atoms with E-state index in [1.165, 1.54) is 16.3 Å². The van der Waals surface area contributed by atoms with Crippen molar-refractivity contribution in [3.8, 4) is 22.6 Å². The van der Waals surface area contributed by atoms with Gasteiger partial charge in [0.1, 0.15) is 11.1 Å². The summed E-state index contributed by atoms with van der Waals surface area (Å²) in [4.78, 5) is 7.08. The van der Waals surface area contributed by atoms with Gasteiger partial charge in [-0.15, -0.1) is 0 Å². The first kappa shape index (κ1) is 25.4. The Hall–Kier alpha value is -6.13. The normalized spacial score (nSPS) is 11.6. The number of hydrogen-bond acceptors (Lipinski definition) is 4. The second-order valence-electron chi connectivity index (χ2n) is 11.2. The highest BCUT2D eigenvalue weighted by Gasteiger charge is 2.22. The molecule has 7 aromatic carbocycles. The van der Waals surface area contributed by atoms with E-state index in [9.17, 15) is 0 Å². The maximum absolute atomic E-state index is 6.70. The van der Waals surface area contributed by atoms with E-state index in [-0.39, 0.29) is 0 Å². The number of para-hydroxylation sites is 4. The second kappa shape index (κ2) is 10.2. The molecule has 4 heteroatoms. The van der Waals surface area contributed by atoms with E-state index in [2.05, 4.69) is 120 Å². The van der Waals surface area contributed by atoms with Gasteiger partial charge in [0.25, 0.3) is 0 Å². The Morgan fingerprint density at radius 1 is 0.489 bits per heavy atom. The maximum atomic E-state index is 6.70. The molecule has 9 rings (SSSR count). The van der Waals surface area contributed by atoms with Gasteiger partial charge in [0.15, 0.2) is 11.2 Å². The summed E-state index contributed by atoms with van der Waals surface area (Å²) in [6.07, 6.45) is 0. The molecule has 9 aromatic rings. The molecular weight excluding hydrogens is 552 g/mol. The SMILES string of the molecule is c1ccc(N(c2cccc(-c3ccc4ccccc4c3)c2)c2cccc3c2oc2cccc(-c4nc5ccccc5o4)c23)cc1. The van der Waals surface area contributed by atoms with Gasteiger partial charge in [0.2, 0.25) is 5.89 Å². The standard InChI is InChI=1S/C41H26N2O2/c1-2-14-31(15-3-1)43(32-16-8-13-29(26-32)30-24-23-27-11-4-5-12-28(27)25-30)36-20-9-17-33-39-34(18-10-22-38(39)44-40(33)36)41-42-35-19-6-7-21-37(35)45-41/h1-26H. The third-order valence-corrected chi connectivity index (χ3v) is 8.47. The van der Waals surface area contributed by atoms with Gasteiger partial charge >= 0.3 is 0 Å². The molecule has 2 aromatic heterocycles. The molecule has 0 aliphatic rings. The molecule has 0 unspecified atom stereocenters. The number of hydrogen-bond donors (Lipinski definition) is 0. The van der Waals surface area contributed by atoms with Gasteiger partial charge < -0.3 is 13.7 Å². The maximum Gasteiger partial charge on any atom is 0.228 e. The van der Waals surface area contributed by atoms with E-state index in [4.69, 9.17) is 13.8 Å². The number of rotatable bonds is 5. The van der Waals surface area contributed by atoms with Crippen LogP contribution in [0.2, 0.25) is 0 Å². The van der Waals surface area contributed by atoms with Crippen LogP contribution < -0.4 is 4.90 Å². The monoisotopic (exact) mass is 578 g/mol. The Morgan fingerprint density at radius 3 is 2.13 bits per heavy atom. The highest BCUT2D eigenvalue weighted by molar-refractivity contribution is 6.15. The van der Waals surface area contributed by atoms with Crippen LogP contribution in [0.15, 0.2) is 167 Å². The molecule has 2 heterocycles. The Kier molecular flexibility index (Phi) is 5.78. The lowest BCUT2D eigenvalue weighted by molar-refractivity contribution is 0.620. The zero-order valence-corrected chi connectivity index (χ0v) is 24.2. The van der Waals surface area contributed by atoms with E-state index < -0.39 is 0 Å². The third kappa shape index (κ3) is 4.27. The smallest absolute Gasteiger partial charge is 0.228 e. The Bertz CT molecular complexity index is 2480. The first-order valence-electron chi connectivity index (χ1n) is 15.0. The molecule has 212 valence electrons. The molecule has 4 nitrogen and oxygen atoms in total. The Balaban J connectivity index is 1.24. The van der Waals surface area contributed by atoms with Crippen LogP contribution in [0.25, 0.3) is 66.4 Å². The first-order chi connectivity index (χ1) is 22.3. The van der Waals surface area contributed by atoms with Crippen LogP contribution >= 0.6 is 0 Å². The quantitative estimate of drug-likeness (QED) is 0.204. The molecule has 0 saturated carbocycles. The molecule has 0 amide bonds. The highest BCUT2D eigenvalue weighted by atomic mass is 16.3. The zero-order chi connectivity index (χ0) is 29.7. The lowest BCUT2D eigenvalue weighted by Gasteiger charge is -2.26. The summed E-state index contributed by atoms with van der Waals surface area (Å²) in [6, 6.07) is 54.5. The van der Waals surface area contributed by atoms with Crippen molar-refractivity contribution in [3.05, 3.63) is 158 Å². The minimum Gasteiger partial charge on any atom is -0.454 e. The molecule has 0 fully saturated rings. The van der Waals surface area contributed by atoms with Crippen LogP contribution in [0.4, 0.5) is 17.1 Å². The minimum atomic E-state index is 0.581. The van der Waals surface area contributed by atoms with Gasteiger partial charge in [-0.1, -0.05) is 97.1 Å². The fraction of sp³-hybridized carbons (Fsp3) is 0. The molecule has 0 bridgehead atoms. The van der Waals surface area contributed by atoms with Crippen molar-refractivity contribution in [3.63, 3.8) is 0 Å². The van der Waals surface area contributed by atoms with Gasteiger partial charge in [-0.05, 0) is 82.6 Å². The average molecular weight is 579 g/mol. The van der Waals surface area contributed by atoms with Gasteiger partial charge in [-0.2, -0.15) is 0 Å². The summed E-state index contributed by atoms with van der Waals surface area (Å²) in [7, 11) is 0. The number of nitrogens with zero attached hydrogens (tertiary/aromatic N) is 2. The van der Waals surface area contributed by atoms with Gasteiger partial charge in [-0.25, -0.2) is 4.98 Å². The third-order valence-electron chi connectivity index (χ3n) is 8.47. The molecule has 0 spiro atoms. The topological polar surface area (TPSA) is 42.4 Å². The number of anilines is 3. The van der Waals surface area contributed by atoms with Crippen molar-refractivity contribution in [1.82, 2.24) is 4.98 Å². The minimum absolute atomic E-state index is 0.581. The number of furan rings is 1. The first-order valence-corrected chi connectivity index (χ1v) is 15.0. The van der Waals surface area contributed by atoms with Crippen molar-refractivity contribution in [2.24, 2.45) is 0 Å². The van der Waals surface area contributed by atoms with Crippen LogP contribution in [0.5, 0.6) is 0 Å². The van der Waals surface area contributed by atoms with Crippen LogP contribution in [-0.2, 0) is 0 Å². The van der Waals surface area contributed by atoms with E-state index in [1.54, 1.807) is 0 Å². The van der Waals surface area contributed by atoms with Crippen molar-refractivity contribution in [2.45, 2.75) is 0 Å². The second-order valence-corrected chi connectivity index (χ2v) is 11.2.